The van der Waals surface area contributed by atoms with Crippen LogP contribution in [0.15, 0.2) is 18.2 Å². The van der Waals surface area contributed by atoms with E-state index in [1.807, 2.05) is 23.9 Å². The second-order valence-corrected chi connectivity index (χ2v) is 5.27. The lowest BCUT2D eigenvalue weighted by molar-refractivity contribution is 0.974. The van der Waals surface area contributed by atoms with E-state index in [4.69, 9.17) is 5.73 Å². The van der Waals surface area contributed by atoms with Crippen molar-refractivity contribution in [3.63, 3.8) is 0 Å². The van der Waals surface area contributed by atoms with Crippen LogP contribution in [0.2, 0.25) is 0 Å². The average Bonchev–Trinajstić information content (AvgIpc) is 2.14. The van der Waals surface area contributed by atoms with E-state index >= 15 is 0 Å². The van der Waals surface area contributed by atoms with Crippen molar-refractivity contribution in [1.82, 2.24) is 0 Å². The Bertz CT molecular complexity index is 304. The predicted molar refractivity (Wildman–Crippen MR) is 75.2 cm³/mol. The highest BCUT2D eigenvalue weighted by atomic mass is 127. The Morgan fingerprint density at radius 3 is 2.79 bits per heavy atom. The van der Waals surface area contributed by atoms with E-state index in [0.29, 0.717) is 0 Å². The van der Waals surface area contributed by atoms with E-state index < -0.39 is 0 Å². The zero-order valence-corrected chi connectivity index (χ0v) is 11.4. The van der Waals surface area contributed by atoms with Gasteiger partial charge in [0.1, 0.15) is 0 Å². The fraction of sp³-hybridized carbons (Fsp3) is 0.400. The lowest BCUT2D eigenvalue weighted by Gasteiger charge is -2.20. The molecule has 0 aliphatic heterocycles. The Balaban J connectivity index is 2.74. The van der Waals surface area contributed by atoms with Crippen LogP contribution < -0.4 is 10.6 Å². The number of hydrogen-bond donors (Lipinski definition) is 1. The molecule has 0 fully saturated rings. The van der Waals surface area contributed by atoms with Crippen molar-refractivity contribution in [1.29, 1.82) is 0 Å². The Hall–Kier alpha value is -0.100. The zero-order chi connectivity index (χ0) is 10.6. The number of rotatable bonds is 4. The van der Waals surface area contributed by atoms with Gasteiger partial charge in [-0.15, -0.1) is 0 Å². The summed E-state index contributed by atoms with van der Waals surface area (Å²) < 4.78 is 1.21. The van der Waals surface area contributed by atoms with Crippen LogP contribution >= 0.6 is 34.4 Å². The van der Waals surface area contributed by atoms with Gasteiger partial charge in [-0.25, -0.2) is 0 Å². The SMILES string of the molecule is CSCCN(C)c1ccc(N)cc1I. The fourth-order valence-electron chi connectivity index (χ4n) is 1.18. The molecule has 0 aliphatic rings. The maximum atomic E-state index is 5.70. The van der Waals surface area contributed by atoms with Gasteiger partial charge < -0.3 is 10.6 Å². The normalized spacial score (nSPS) is 10.2. The Morgan fingerprint density at radius 1 is 1.50 bits per heavy atom. The van der Waals surface area contributed by atoms with E-state index in [0.717, 1.165) is 18.0 Å². The fourth-order valence-corrected chi connectivity index (χ4v) is 2.59. The highest BCUT2D eigenvalue weighted by Crippen LogP contribution is 2.23. The van der Waals surface area contributed by atoms with Crippen molar-refractivity contribution < 1.29 is 0 Å². The molecular weight excluding hydrogens is 307 g/mol. The van der Waals surface area contributed by atoms with E-state index in [-0.39, 0.29) is 0 Å². The largest absolute Gasteiger partial charge is 0.399 e. The Kier molecular flexibility index (Phi) is 4.88. The van der Waals surface area contributed by atoms with Crippen molar-refractivity contribution in [2.45, 2.75) is 0 Å². The minimum absolute atomic E-state index is 0.830. The van der Waals surface area contributed by atoms with E-state index in [1.165, 1.54) is 9.26 Å². The van der Waals surface area contributed by atoms with Crippen LogP contribution in [0.5, 0.6) is 0 Å². The molecule has 0 spiro atoms. The molecular formula is C10H15IN2S. The molecule has 0 unspecified atom stereocenters. The van der Waals surface area contributed by atoms with Gasteiger partial charge in [-0.1, -0.05) is 0 Å². The van der Waals surface area contributed by atoms with Crippen LogP contribution in [0.25, 0.3) is 0 Å². The third kappa shape index (κ3) is 3.24. The molecule has 0 saturated heterocycles. The molecule has 0 radical (unpaired) electrons. The Labute approximate surface area is 103 Å². The van der Waals surface area contributed by atoms with Crippen LogP contribution in [0, 0.1) is 3.57 Å². The number of anilines is 2. The molecule has 78 valence electrons. The Morgan fingerprint density at radius 2 is 2.21 bits per heavy atom. The number of nitrogens with zero attached hydrogens (tertiary/aromatic N) is 1. The minimum atomic E-state index is 0.830. The van der Waals surface area contributed by atoms with Gasteiger partial charge in [0.2, 0.25) is 0 Å². The molecule has 0 aliphatic carbocycles. The lowest BCUT2D eigenvalue weighted by atomic mass is 10.2. The summed E-state index contributed by atoms with van der Waals surface area (Å²) in [5, 5.41) is 0. The standard InChI is InChI=1S/C10H15IN2S/c1-13(5-6-14-2)10-4-3-8(12)7-9(10)11/h3-4,7H,5-6,12H2,1-2H3. The molecule has 0 saturated carbocycles. The quantitative estimate of drug-likeness (QED) is 0.683. The van der Waals surface area contributed by atoms with Crippen LogP contribution in [-0.4, -0.2) is 25.6 Å². The van der Waals surface area contributed by atoms with E-state index in [2.05, 4.69) is 46.9 Å². The average molecular weight is 322 g/mol. The maximum Gasteiger partial charge on any atom is 0.0501 e. The van der Waals surface area contributed by atoms with E-state index in [9.17, 15) is 0 Å². The highest BCUT2D eigenvalue weighted by Gasteiger charge is 2.04. The number of thioether (sulfide) groups is 1. The van der Waals surface area contributed by atoms with Gasteiger partial charge in [0.05, 0.1) is 5.69 Å². The zero-order valence-electron chi connectivity index (χ0n) is 8.46. The number of hydrogen-bond acceptors (Lipinski definition) is 3. The van der Waals surface area contributed by atoms with Gasteiger partial charge >= 0.3 is 0 Å². The molecule has 1 rings (SSSR count). The van der Waals surface area contributed by atoms with Crippen molar-refractivity contribution in [2.24, 2.45) is 0 Å². The summed E-state index contributed by atoms with van der Waals surface area (Å²) in [5.41, 5.74) is 7.79. The van der Waals surface area contributed by atoms with Crippen LogP contribution in [0.3, 0.4) is 0 Å². The van der Waals surface area contributed by atoms with Crippen molar-refractivity contribution >= 4 is 45.7 Å². The topological polar surface area (TPSA) is 29.3 Å². The highest BCUT2D eigenvalue weighted by molar-refractivity contribution is 14.1. The van der Waals surface area contributed by atoms with Gasteiger partial charge in [0.25, 0.3) is 0 Å². The van der Waals surface area contributed by atoms with Crippen molar-refractivity contribution in [3.8, 4) is 0 Å². The predicted octanol–water partition coefficient (Wildman–Crippen LogP) is 2.67. The second kappa shape index (κ2) is 5.70. The van der Waals surface area contributed by atoms with Crippen molar-refractivity contribution in [2.75, 3.05) is 36.2 Å². The van der Waals surface area contributed by atoms with Gasteiger partial charge in [0.15, 0.2) is 0 Å². The second-order valence-electron chi connectivity index (χ2n) is 3.13. The molecule has 0 amide bonds. The molecule has 0 heterocycles. The number of halogens is 1. The summed E-state index contributed by atoms with van der Waals surface area (Å²) in [6.45, 7) is 1.07. The number of benzene rings is 1. The summed E-state index contributed by atoms with van der Waals surface area (Å²) in [6.07, 6.45) is 2.13. The van der Waals surface area contributed by atoms with Crippen molar-refractivity contribution in [3.05, 3.63) is 21.8 Å². The molecule has 0 atom stereocenters. The van der Waals surface area contributed by atoms with Gasteiger partial charge in [-0.3, -0.25) is 0 Å². The minimum Gasteiger partial charge on any atom is -0.399 e. The lowest BCUT2D eigenvalue weighted by Crippen LogP contribution is -2.21. The summed E-state index contributed by atoms with van der Waals surface area (Å²) in [6, 6.07) is 6.04. The molecule has 1 aromatic rings. The monoisotopic (exact) mass is 322 g/mol. The maximum absolute atomic E-state index is 5.70. The number of nitrogen functional groups attached to an aromatic ring is 1. The molecule has 0 aromatic heterocycles. The van der Waals surface area contributed by atoms with Gasteiger partial charge in [-0.05, 0) is 47.0 Å². The third-order valence-corrected chi connectivity index (χ3v) is 3.47. The smallest absolute Gasteiger partial charge is 0.0501 e. The van der Waals surface area contributed by atoms with Crippen LogP contribution in [0.4, 0.5) is 11.4 Å². The molecule has 1 aromatic carbocycles. The first-order valence-corrected chi connectivity index (χ1v) is 6.87. The van der Waals surface area contributed by atoms with Gasteiger partial charge in [0, 0.05) is 28.6 Å². The molecule has 2 N–H and O–H groups in total. The molecule has 4 heteroatoms. The first-order chi connectivity index (χ1) is 6.65. The summed E-state index contributed by atoms with van der Waals surface area (Å²) in [5.74, 6) is 1.15. The van der Waals surface area contributed by atoms with E-state index in [1.54, 1.807) is 0 Å². The summed E-state index contributed by atoms with van der Waals surface area (Å²) >= 11 is 4.19. The third-order valence-electron chi connectivity index (χ3n) is 2.01. The molecule has 0 bridgehead atoms. The summed E-state index contributed by atoms with van der Waals surface area (Å²) in [7, 11) is 2.11. The first-order valence-electron chi connectivity index (χ1n) is 4.40. The first kappa shape index (κ1) is 12.0. The van der Waals surface area contributed by atoms with Crippen LogP contribution in [0.1, 0.15) is 0 Å². The molecule has 2 nitrogen and oxygen atoms in total. The van der Waals surface area contributed by atoms with Crippen LogP contribution in [-0.2, 0) is 0 Å². The number of nitrogens with two attached hydrogens (primary N) is 1. The molecule has 14 heavy (non-hydrogen) atoms. The van der Waals surface area contributed by atoms with Gasteiger partial charge in [-0.2, -0.15) is 11.8 Å². The summed E-state index contributed by atoms with van der Waals surface area (Å²) in [4.78, 5) is 2.26.